The normalized spacial score (nSPS) is 12.0. The van der Waals surface area contributed by atoms with Crippen LogP contribution in [0.5, 0.6) is 0 Å². The Morgan fingerprint density at radius 1 is 1.08 bits per heavy atom. The molecule has 0 spiro atoms. The first-order chi connectivity index (χ1) is 12.0. The van der Waals surface area contributed by atoms with Gasteiger partial charge >= 0.3 is 5.97 Å². The van der Waals surface area contributed by atoms with Crippen molar-refractivity contribution in [2.45, 2.75) is 13.0 Å². The number of ether oxygens (including phenoxy) is 1. The summed E-state index contributed by atoms with van der Waals surface area (Å²) in [6.45, 7) is 1.49. The van der Waals surface area contributed by atoms with Gasteiger partial charge in [-0.05, 0) is 30.7 Å². The quantitative estimate of drug-likeness (QED) is 0.598. The van der Waals surface area contributed by atoms with Gasteiger partial charge < -0.3 is 10.1 Å². The molecule has 1 atom stereocenters. The summed E-state index contributed by atoms with van der Waals surface area (Å²) >= 11 is 12.0. The molecule has 1 N–H and O–H groups in total. The van der Waals surface area contributed by atoms with Crippen LogP contribution in [0.15, 0.2) is 54.6 Å². The van der Waals surface area contributed by atoms with E-state index in [1.165, 1.54) is 12.2 Å². The average molecular weight is 378 g/mol. The lowest BCUT2D eigenvalue weighted by atomic mass is 10.1. The summed E-state index contributed by atoms with van der Waals surface area (Å²) in [5.41, 5.74) is 1.49. The summed E-state index contributed by atoms with van der Waals surface area (Å²) in [6.07, 6.45) is 2.64. The molecule has 6 heteroatoms. The number of nitrogens with one attached hydrogen (secondary N) is 1. The van der Waals surface area contributed by atoms with Crippen LogP contribution in [0.4, 0.5) is 0 Å². The number of carbonyl (C=O) groups is 2. The second-order valence-corrected chi connectivity index (χ2v) is 6.09. The third-order valence-electron chi connectivity index (χ3n) is 3.41. The molecule has 0 aliphatic carbocycles. The summed E-state index contributed by atoms with van der Waals surface area (Å²) in [6, 6.07) is 14.4. The van der Waals surface area contributed by atoms with E-state index in [1.807, 2.05) is 37.3 Å². The first kappa shape index (κ1) is 19.0. The zero-order valence-corrected chi connectivity index (χ0v) is 15.1. The molecule has 4 nitrogen and oxygen atoms in total. The highest BCUT2D eigenvalue weighted by molar-refractivity contribution is 6.37. The second kappa shape index (κ2) is 9.25. The summed E-state index contributed by atoms with van der Waals surface area (Å²) in [5.74, 6) is -1.03. The highest BCUT2D eigenvalue weighted by atomic mass is 35.5. The van der Waals surface area contributed by atoms with Crippen LogP contribution in [-0.4, -0.2) is 18.5 Å². The first-order valence-electron chi connectivity index (χ1n) is 7.60. The van der Waals surface area contributed by atoms with Gasteiger partial charge in [0.25, 0.3) is 5.91 Å². The Kier molecular flexibility index (Phi) is 7.04. The van der Waals surface area contributed by atoms with Crippen molar-refractivity contribution in [3.05, 3.63) is 75.8 Å². The third-order valence-corrected chi connectivity index (χ3v) is 4.07. The molecular formula is C19H17Cl2NO3. The molecule has 0 saturated heterocycles. The van der Waals surface area contributed by atoms with Gasteiger partial charge in [-0.25, -0.2) is 4.79 Å². The van der Waals surface area contributed by atoms with Crippen LogP contribution in [0.25, 0.3) is 6.08 Å². The van der Waals surface area contributed by atoms with E-state index in [2.05, 4.69) is 5.32 Å². The van der Waals surface area contributed by atoms with Crippen molar-refractivity contribution in [3.8, 4) is 0 Å². The zero-order valence-electron chi connectivity index (χ0n) is 13.5. The highest BCUT2D eigenvalue weighted by Crippen LogP contribution is 2.25. The second-order valence-electron chi connectivity index (χ2n) is 5.28. The van der Waals surface area contributed by atoms with E-state index in [-0.39, 0.29) is 18.6 Å². The molecule has 25 heavy (non-hydrogen) atoms. The summed E-state index contributed by atoms with van der Waals surface area (Å²) in [4.78, 5) is 23.6. The zero-order chi connectivity index (χ0) is 18.2. The maximum Gasteiger partial charge on any atom is 0.331 e. The summed E-state index contributed by atoms with van der Waals surface area (Å²) < 4.78 is 4.92. The largest absolute Gasteiger partial charge is 0.452 e. The number of amides is 1. The predicted octanol–water partition coefficient (Wildman–Crippen LogP) is 4.43. The third kappa shape index (κ3) is 5.93. The fourth-order valence-corrected chi connectivity index (χ4v) is 2.64. The van der Waals surface area contributed by atoms with Crippen LogP contribution in [-0.2, 0) is 14.3 Å². The van der Waals surface area contributed by atoms with Crippen molar-refractivity contribution in [2.24, 2.45) is 0 Å². The van der Waals surface area contributed by atoms with Crippen molar-refractivity contribution in [2.75, 3.05) is 6.61 Å². The fourth-order valence-electron chi connectivity index (χ4n) is 2.11. The fraction of sp³-hybridized carbons (Fsp3) is 0.158. The molecule has 0 radical (unpaired) electrons. The monoisotopic (exact) mass is 377 g/mol. The minimum absolute atomic E-state index is 0.176. The van der Waals surface area contributed by atoms with Crippen LogP contribution in [0.1, 0.15) is 24.1 Å². The summed E-state index contributed by atoms with van der Waals surface area (Å²) in [7, 11) is 0. The van der Waals surface area contributed by atoms with Crippen LogP contribution in [0.3, 0.4) is 0 Å². The van der Waals surface area contributed by atoms with Crippen molar-refractivity contribution >= 4 is 41.2 Å². The van der Waals surface area contributed by atoms with Crippen molar-refractivity contribution in [1.29, 1.82) is 0 Å². The van der Waals surface area contributed by atoms with E-state index in [1.54, 1.807) is 18.2 Å². The maximum absolute atomic E-state index is 11.9. The molecule has 2 aromatic carbocycles. The predicted molar refractivity (Wildman–Crippen MR) is 99.5 cm³/mol. The Labute approximate surface area is 156 Å². The van der Waals surface area contributed by atoms with Gasteiger partial charge in [-0.1, -0.05) is 59.6 Å². The lowest BCUT2D eigenvalue weighted by Gasteiger charge is -2.14. The Hall–Kier alpha value is -2.30. The van der Waals surface area contributed by atoms with Gasteiger partial charge in [0.05, 0.1) is 6.04 Å². The van der Waals surface area contributed by atoms with Gasteiger partial charge in [-0.2, -0.15) is 0 Å². The molecule has 130 valence electrons. The molecule has 0 unspecified atom stereocenters. The molecule has 2 aromatic rings. The molecule has 1 amide bonds. The molecule has 0 aliphatic heterocycles. The minimum atomic E-state index is -0.654. The van der Waals surface area contributed by atoms with Crippen LogP contribution >= 0.6 is 23.2 Å². The summed E-state index contributed by atoms with van der Waals surface area (Å²) in [5, 5.41) is 3.61. The first-order valence-corrected chi connectivity index (χ1v) is 8.36. The Balaban J connectivity index is 1.83. The van der Waals surface area contributed by atoms with E-state index in [9.17, 15) is 9.59 Å². The van der Waals surface area contributed by atoms with Gasteiger partial charge in [-0.3, -0.25) is 4.79 Å². The number of halogens is 2. The van der Waals surface area contributed by atoms with Crippen molar-refractivity contribution < 1.29 is 14.3 Å². The molecular weight excluding hydrogens is 361 g/mol. The lowest BCUT2D eigenvalue weighted by Crippen LogP contribution is -2.30. The van der Waals surface area contributed by atoms with E-state index < -0.39 is 5.97 Å². The highest BCUT2D eigenvalue weighted by Gasteiger charge is 2.11. The Morgan fingerprint density at radius 2 is 1.72 bits per heavy atom. The van der Waals surface area contributed by atoms with Crippen LogP contribution in [0.2, 0.25) is 10.0 Å². The molecule has 0 bridgehead atoms. The standard InChI is InChI=1S/C19H17Cl2NO3/c1-13(14-6-3-2-4-7-14)22-18(23)12-25-19(24)11-10-15-16(20)8-5-9-17(15)21/h2-11,13H,12H2,1H3,(H,22,23)/b11-10+/t13-/m1/s1. The molecule has 0 heterocycles. The van der Waals surface area contributed by atoms with Crippen LogP contribution in [0, 0.1) is 0 Å². The Bertz CT molecular complexity index is 755. The van der Waals surface area contributed by atoms with Crippen molar-refractivity contribution in [1.82, 2.24) is 5.32 Å². The van der Waals surface area contributed by atoms with Gasteiger partial charge in [0.15, 0.2) is 6.61 Å². The lowest BCUT2D eigenvalue weighted by molar-refractivity contribution is -0.144. The van der Waals surface area contributed by atoms with E-state index in [4.69, 9.17) is 27.9 Å². The smallest absolute Gasteiger partial charge is 0.331 e. The molecule has 0 saturated carbocycles. The number of benzene rings is 2. The van der Waals surface area contributed by atoms with Gasteiger partial charge in [0.1, 0.15) is 0 Å². The van der Waals surface area contributed by atoms with Crippen molar-refractivity contribution in [3.63, 3.8) is 0 Å². The van der Waals surface area contributed by atoms with Gasteiger partial charge in [0, 0.05) is 21.7 Å². The number of rotatable bonds is 6. The number of esters is 1. The topological polar surface area (TPSA) is 55.4 Å². The molecule has 2 rings (SSSR count). The number of hydrogen-bond acceptors (Lipinski definition) is 3. The van der Waals surface area contributed by atoms with E-state index >= 15 is 0 Å². The minimum Gasteiger partial charge on any atom is -0.452 e. The van der Waals surface area contributed by atoms with Gasteiger partial charge in [0.2, 0.25) is 0 Å². The maximum atomic E-state index is 11.9. The van der Waals surface area contributed by atoms with E-state index in [0.29, 0.717) is 15.6 Å². The van der Waals surface area contributed by atoms with Crippen LogP contribution < -0.4 is 5.32 Å². The SMILES string of the molecule is C[C@@H](NC(=O)COC(=O)/C=C/c1c(Cl)cccc1Cl)c1ccccc1. The van der Waals surface area contributed by atoms with E-state index in [0.717, 1.165) is 5.56 Å². The van der Waals surface area contributed by atoms with Gasteiger partial charge in [-0.15, -0.1) is 0 Å². The number of hydrogen-bond donors (Lipinski definition) is 1. The molecule has 0 aliphatic rings. The molecule has 0 fully saturated rings. The molecule has 0 aromatic heterocycles. The number of carbonyl (C=O) groups excluding carboxylic acids is 2. The Morgan fingerprint density at radius 3 is 2.36 bits per heavy atom. The average Bonchev–Trinajstić information content (AvgIpc) is 2.60.